The smallest absolute Gasteiger partial charge is 0.329 e. The average Bonchev–Trinajstić information content (AvgIpc) is 2.77. The van der Waals surface area contributed by atoms with Crippen LogP contribution in [0.2, 0.25) is 0 Å². The van der Waals surface area contributed by atoms with Crippen molar-refractivity contribution in [2.45, 2.75) is 143 Å². The standard InChI is InChI=1S/C28H52N2O6/c1-6-7-8-9-10-11-12-13-14-15-16-17-22(2)20-25(32)30-23(27(35)36-28(3,4)5)18-19-24(31)29-21-26(33)34/h22-23H,6-21H2,1-5H3,(H,29,31)(H,30,32)(H,33,34)/t22?,23-/m0/s1. The van der Waals surface area contributed by atoms with E-state index in [0.717, 1.165) is 12.8 Å². The number of carboxylic acid groups (broad SMARTS) is 1. The van der Waals surface area contributed by atoms with E-state index in [9.17, 15) is 19.2 Å². The van der Waals surface area contributed by atoms with Gasteiger partial charge in [0.15, 0.2) is 0 Å². The highest BCUT2D eigenvalue weighted by molar-refractivity contribution is 5.86. The van der Waals surface area contributed by atoms with Gasteiger partial charge in [0.1, 0.15) is 18.2 Å². The normalized spacial score (nSPS) is 13.0. The van der Waals surface area contributed by atoms with Crippen LogP contribution in [0, 0.1) is 5.92 Å². The molecule has 1 unspecified atom stereocenters. The first-order valence-electron chi connectivity index (χ1n) is 13.9. The van der Waals surface area contributed by atoms with Crippen LogP contribution >= 0.6 is 0 Å². The van der Waals surface area contributed by atoms with Gasteiger partial charge in [-0.25, -0.2) is 4.79 Å². The highest BCUT2D eigenvalue weighted by Crippen LogP contribution is 2.17. The largest absolute Gasteiger partial charge is 0.480 e. The molecule has 8 nitrogen and oxygen atoms in total. The second-order valence-electron chi connectivity index (χ2n) is 11.0. The maximum Gasteiger partial charge on any atom is 0.329 e. The van der Waals surface area contributed by atoms with Gasteiger partial charge in [-0.3, -0.25) is 14.4 Å². The number of amides is 2. The lowest BCUT2D eigenvalue weighted by molar-refractivity contribution is -0.159. The zero-order valence-electron chi connectivity index (χ0n) is 23.5. The molecule has 0 aromatic carbocycles. The molecular weight excluding hydrogens is 460 g/mol. The molecule has 36 heavy (non-hydrogen) atoms. The first-order valence-corrected chi connectivity index (χ1v) is 13.9. The first kappa shape index (κ1) is 33.9. The third kappa shape index (κ3) is 21.2. The quantitative estimate of drug-likeness (QED) is 0.137. The predicted molar refractivity (Wildman–Crippen MR) is 143 cm³/mol. The molecule has 0 radical (unpaired) electrons. The van der Waals surface area contributed by atoms with E-state index in [1.54, 1.807) is 20.8 Å². The number of carboxylic acids is 1. The van der Waals surface area contributed by atoms with Crippen molar-refractivity contribution in [3.05, 3.63) is 0 Å². The second-order valence-corrected chi connectivity index (χ2v) is 11.0. The Morgan fingerprint density at radius 2 is 1.33 bits per heavy atom. The van der Waals surface area contributed by atoms with Gasteiger partial charge in [0.05, 0.1) is 0 Å². The van der Waals surface area contributed by atoms with Crippen LogP contribution in [-0.4, -0.2) is 47.0 Å². The lowest BCUT2D eigenvalue weighted by Gasteiger charge is -2.25. The van der Waals surface area contributed by atoms with Gasteiger partial charge in [0, 0.05) is 12.8 Å². The summed E-state index contributed by atoms with van der Waals surface area (Å²) in [6.45, 7) is 9.00. The monoisotopic (exact) mass is 512 g/mol. The van der Waals surface area contributed by atoms with Crippen LogP contribution in [0.15, 0.2) is 0 Å². The topological polar surface area (TPSA) is 122 Å². The van der Waals surface area contributed by atoms with Crippen molar-refractivity contribution < 1.29 is 29.0 Å². The summed E-state index contributed by atoms with van der Waals surface area (Å²) in [5.74, 6) is -2.29. The number of ether oxygens (including phenoxy) is 1. The SMILES string of the molecule is CCCCCCCCCCCCCC(C)CC(=O)N[C@@H](CCC(=O)NCC(=O)O)C(=O)OC(C)(C)C. The Hall–Kier alpha value is -2.12. The van der Waals surface area contributed by atoms with Crippen LogP contribution in [0.4, 0.5) is 0 Å². The molecular formula is C28H52N2O6. The van der Waals surface area contributed by atoms with E-state index in [-0.39, 0.29) is 24.7 Å². The summed E-state index contributed by atoms with van der Waals surface area (Å²) in [6.07, 6.45) is 15.4. The van der Waals surface area contributed by atoms with Crippen LogP contribution in [0.1, 0.15) is 131 Å². The molecule has 210 valence electrons. The zero-order chi connectivity index (χ0) is 27.4. The van der Waals surface area contributed by atoms with E-state index in [0.29, 0.717) is 6.42 Å². The van der Waals surface area contributed by atoms with Crippen molar-refractivity contribution in [3.63, 3.8) is 0 Å². The highest BCUT2D eigenvalue weighted by Gasteiger charge is 2.27. The van der Waals surface area contributed by atoms with E-state index in [1.165, 1.54) is 64.2 Å². The average molecular weight is 513 g/mol. The third-order valence-electron chi connectivity index (χ3n) is 5.96. The van der Waals surface area contributed by atoms with Gasteiger partial charge in [-0.1, -0.05) is 90.9 Å². The fourth-order valence-corrected chi connectivity index (χ4v) is 3.99. The van der Waals surface area contributed by atoms with Gasteiger partial charge in [-0.05, 0) is 33.1 Å². The maximum absolute atomic E-state index is 12.6. The Kier molecular flexibility index (Phi) is 18.8. The van der Waals surface area contributed by atoms with E-state index in [1.807, 2.05) is 6.92 Å². The van der Waals surface area contributed by atoms with Crippen LogP contribution in [-0.2, 0) is 23.9 Å². The van der Waals surface area contributed by atoms with Gasteiger partial charge in [-0.15, -0.1) is 0 Å². The van der Waals surface area contributed by atoms with Crippen LogP contribution in [0.5, 0.6) is 0 Å². The molecule has 0 rings (SSSR count). The summed E-state index contributed by atoms with van der Waals surface area (Å²) >= 11 is 0. The minimum Gasteiger partial charge on any atom is -0.480 e. The fraction of sp³-hybridized carbons (Fsp3) is 0.857. The maximum atomic E-state index is 12.6. The first-order chi connectivity index (χ1) is 16.9. The summed E-state index contributed by atoms with van der Waals surface area (Å²) < 4.78 is 5.40. The predicted octanol–water partition coefficient (Wildman–Crippen LogP) is 5.52. The molecule has 8 heteroatoms. The number of aliphatic carboxylic acids is 1. The molecule has 0 aromatic heterocycles. The third-order valence-corrected chi connectivity index (χ3v) is 5.96. The van der Waals surface area contributed by atoms with Crippen molar-refractivity contribution >= 4 is 23.8 Å². The van der Waals surface area contributed by atoms with Crippen molar-refractivity contribution in [1.29, 1.82) is 0 Å². The highest BCUT2D eigenvalue weighted by atomic mass is 16.6. The molecule has 0 bridgehead atoms. The minimum absolute atomic E-state index is 0.0408. The fourth-order valence-electron chi connectivity index (χ4n) is 3.99. The van der Waals surface area contributed by atoms with Crippen molar-refractivity contribution in [3.8, 4) is 0 Å². The Labute approximate surface area is 218 Å². The van der Waals surface area contributed by atoms with Crippen LogP contribution in [0.25, 0.3) is 0 Å². The number of carbonyl (C=O) groups excluding carboxylic acids is 3. The van der Waals surface area contributed by atoms with Gasteiger partial charge < -0.3 is 20.5 Å². The van der Waals surface area contributed by atoms with Crippen LogP contribution < -0.4 is 10.6 Å². The number of hydrogen-bond acceptors (Lipinski definition) is 5. The Balaban J connectivity index is 4.32. The molecule has 0 aromatic rings. The zero-order valence-corrected chi connectivity index (χ0v) is 23.5. The van der Waals surface area contributed by atoms with Crippen LogP contribution in [0.3, 0.4) is 0 Å². The van der Waals surface area contributed by atoms with Gasteiger partial charge in [0.25, 0.3) is 0 Å². The van der Waals surface area contributed by atoms with Gasteiger partial charge >= 0.3 is 11.9 Å². The number of esters is 1. The van der Waals surface area contributed by atoms with E-state index in [2.05, 4.69) is 17.6 Å². The molecule has 0 aliphatic heterocycles. The Morgan fingerprint density at radius 3 is 1.83 bits per heavy atom. The van der Waals surface area contributed by atoms with Crippen molar-refractivity contribution in [1.82, 2.24) is 10.6 Å². The molecule has 0 aliphatic rings. The number of nitrogens with one attached hydrogen (secondary N) is 2. The van der Waals surface area contributed by atoms with Gasteiger partial charge in [-0.2, -0.15) is 0 Å². The molecule has 0 saturated carbocycles. The number of carbonyl (C=O) groups is 4. The number of rotatable bonds is 21. The van der Waals surface area contributed by atoms with E-state index >= 15 is 0 Å². The lowest BCUT2D eigenvalue weighted by Crippen LogP contribution is -2.45. The summed E-state index contributed by atoms with van der Waals surface area (Å²) in [6, 6.07) is -0.957. The summed E-state index contributed by atoms with van der Waals surface area (Å²) in [5, 5.41) is 13.7. The number of unbranched alkanes of at least 4 members (excludes halogenated alkanes) is 10. The lowest BCUT2D eigenvalue weighted by atomic mass is 9.98. The Bertz CT molecular complexity index is 644. The van der Waals surface area contributed by atoms with Crippen molar-refractivity contribution in [2.24, 2.45) is 5.92 Å². The molecule has 0 aliphatic carbocycles. The number of hydrogen-bond donors (Lipinski definition) is 3. The summed E-state index contributed by atoms with van der Waals surface area (Å²) in [5.41, 5.74) is -0.728. The molecule has 0 heterocycles. The summed E-state index contributed by atoms with van der Waals surface area (Å²) in [7, 11) is 0. The van der Waals surface area contributed by atoms with E-state index in [4.69, 9.17) is 9.84 Å². The molecule has 0 saturated heterocycles. The second kappa shape index (κ2) is 20.0. The molecule has 0 fully saturated rings. The summed E-state index contributed by atoms with van der Waals surface area (Å²) in [4.78, 5) is 47.6. The Morgan fingerprint density at radius 1 is 0.806 bits per heavy atom. The van der Waals surface area contributed by atoms with Gasteiger partial charge in [0.2, 0.25) is 11.8 Å². The van der Waals surface area contributed by atoms with Crippen molar-refractivity contribution in [2.75, 3.05) is 6.54 Å². The molecule has 0 spiro atoms. The molecule has 3 N–H and O–H groups in total. The van der Waals surface area contributed by atoms with E-state index < -0.39 is 36.0 Å². The molecule has 2 atom stereocenters. The minimum atomic E-state index is -1.15. The molecule has 2 amide bonds.